The predicted molar refractivity (Wildman–Crippen MR) is 158 cm³/mol. The Bertz CT molecular complexity index is 1570. The average molecular weight is 572 g/mol. The lowest BCUT2D eigenvalue weighted by molar-refractivity contribution is -0.116. The number of hydrogen-bond donors (Lipinski definition) is 2. The van der Waals surface area contributed by atoms with Crippen molar-refractivity contribution in [2.45, 2.75) is 32.4 Å². The summed E-state index contributed by atoms with van der Waals surface area (Å²) in [5.74, 6) is -0.950. The van der Waals surface area contributed by atoms with Crippen LogP contribution in [0.4, 0.5) is 10.1 Å². The van der Waals surface area contributed by atoms with Gasteiger partial charge in [-0.2, -0.15) is 0 Å². The summed E-state index contributed by atoms with van der Waals surface area (Å²) in [6.45, 7) is 4.44. The number of amides is 1. The number of thiocarbonyl (C=S) groups is 1. The second-order valence-electron chi connectivity index (χ2n) is 9.83. The maximum absolute atomic E-state index is 13.3. The molecule has 0 unspecified atom stereocenters. The van der Waals surface area contributed by atoms with Gasteiger partial charge in [-0.25, -0.2) is 9.18 Å². The van der Waals surface area contributed by atoms with E-state index in [4.69, 9.17) is 17.0 Å². The van der Waals surface area contributed by atoms with E-state index in [0.29, 0.717) is 22.9 Å². The van der Waals surface area contributed by atoms with Gasteiger partial charge in [0.1, 0.15) is 5.82 Å². The number of carbonyl (C=O) groups is 2. The number of aryl methyl sites for hydroxylation is 1. The van der Waals surface area contributed by atoms with Crippen LogP contribution < -0.4 is 10.6 Å². The Morgan fingerprint density at radius 2 is 1.80 bits per heavy atom. The van der Waals surface area contributed by atoms with Crippen LogP contribution in [0.25, 0.3) is 5.69 Å². The summed E-state index contributed by atoms with van der Waals surface area (Å²) in [4.78, 5) is 31.4. The highest BCUT2D eigenvalue weighted by molar-refractivity contribution is 7.80. The number of halogens is 1. The van der Waals surface area contributed by atoms with Crippen LogP contribution in [-0.2, 0) is 9.53 Å². The lowest BCUT2D eigenvalue weighted by Crippen LogP contribution is -2.32. The minimum Gasteiger partial charge on any atom is -0.465 e. The van der Waals surface area contributed by atoms with E-state index < -0.39 is 0 Å². The first kappa shape index (κ1) is 28.0. The fourth-order valence-electron chi connectivity index (χ4n) is 5.31. The largest absolute Gasteiger partial charge is 0.465 e. The molecule has 0 spiro atoms. The summed E-state index contributed by atoms with van der Waals surface area (Å²) >= 11 is 5.78. The van der Waals surface area contributed by atoms with Crippen LogP contribution in [0, 0.1) is 19.7 Å². The summed E-state index contributed by atoms with van der Waals surface area (Å²) in [6.07, 6.45) is 1.93. The number of nitrogens with one attached hydrogen (secondary N) is 2. The summed E-state index contributed by atoms with van der Waals surface area (Å²) in [5, 5.41) is 6.79. The molecule has 1 aliphatic rings. The van der Waals surface area contributed by atoms with Crippen LogP contribution >= 0.6 is 12.2 Å². The van der Waals surface area contributed by atoms with Crippen molar-refractivity contribution >= 4 is 34.9 Å². The fourth-order valence-corrected chi connectivity index (χ4v) is 5.64. The van der Waals surface area contributed by atoms with Crippen LogP contribution in [0.3, 0.4) is 0 Å². The topological polar surface area (TPSA) is 88.5 Å². The van der Waals surface area contributed by atoms with Gasteiger partial charge < -0.3 is 24.8 Å². The summed E-state index contributed by atoms with van der Waals surface area (Å²) in [7, 11) is 1.36. The number of methoxy groups -OCH3 is 1. The molecule has 2 atom stereocenters. The van der Waals surface area contributed by atoms with Gasteiger partial charge in [-0.3, -0.25) is 9.78 Å². The number of pyridine rings is 1. The molecule has 41 heavy (non-hydrogen) atoms. The molecule has 2 aromatic carbocycles. The van der Waals surface area contributed by atoms with Crippen molar-refractivity contribution in [2.75, 3.05) is 19.0 Å². The third-order valence-corrected chi connectivity index (χ3v) is 7.59. The SMILES string of the molecule is COC(=O)c1ccc(-n2c(C)cc([C@H]3[C@@H](c4ccccn4)NC(=S)N3CCC(=O)Nc3ccc(F)cc3)c2C)cc1. The van der Waals surface area contributed by atoms with Crippen LogP contribution in [0.5, 0.6) is 0 Å². The molecule has 2 N–H and O–H groups in total. The van der Waals surface area contributed by atoms with Gasteiger partial charge in [0.05, 0.1) is 30.5 Å². The van der Waals surface area contributed by atoms with Crippen LogP contribution in [-0.4, -0.2) is 45.1 Å². The molecule has 0 radical (unpaired) electrons. The third-order valence-electron chi connectivity index (χ3n) is 7.24. The van der Waals surface area contributed by atoms with E-state index in [1.165, 1.54) is 31.4 Å². The molecule has 1 aliphatic heterocycles. The summed E-state index contributed by atoms with van der Waals surface area (Å²) in [6, 6.07) is 20.4. The van der Waals surface area contributed by atoms with Crippen molar-refractivity contribution in [1.82, 2.24) is 19.8 Å². The van der Waals surface area contributed by atoms with Crippen molar-refractivity contribution in [3.8, 4) is 5.69 Å². The molecule has 210 valence electrons. The Kier molecular flexibility index (Phi) is 8.11. The monoisotopic (exact) mass is 571 g/mol. The minimum absolute atomic E-state index is 0.179. The molecule has 0 bridgehead atoms. The highest BCUT2D eigenvalue weighted by Crippen LogP contribution is 2.41. The molecule has 3 heterocycles. The van der Waals surface area contributed by atoms with Crippen molar-refractivity contribution < 1.29 is 18.7 Å². The standard InChI is InChI=1S/C31H30FN5O3S/c1-19-18-25(20(2)37(19)24-13-7-21(8-14-24)30(39)40-3)29-28(26-6-4-5-16-33-26)35-31(41)36(29)17-15-27(38)34-23-11-9-22(32)10-12-23/h4-14,16,18,28-29H,15,17H2,1-3H3,(H,34,38)(H,35,41)/t28-,29+/m1/s1. The molecule has 10 heteroatoms. The van der Waals surface area contributed by atoms with E-state index in [0.717, 1.165) is 28.3 Å². The van der Waals surface area contributed by atoms with Gasteiger partial charge in [-0.1, -0.05) is 6.07 Å². The molecule has 1 amide bonds. The van der Waals surface area contributed by atoms with Crippen molar-refractivity contribution in [3.05, 3.63) is 113 Å². The van der Waals surface area contributed by atoms with Gasteiger partial charge in [-0.15, -0.1) is 0 Å². The third kappa shape index (κ3) is 5.83. The molecule has 2 aromatic heterocycles. The number of nitrogens with zero attached hydrogens (tertiary/aromatic N) is 3. The van der Waals surface area contributed by atoms with Gasteiger partial charge in [0.25, 0.3) is 0 Å². The van der Waals surface area contributed by atoms with E-state index >= 15 is 0 Å². The van der Waals surface area contributed by atoms with E-state index in [1.54, 1.807) is 18.3 Å². The minimum atomic E-state index is -0.388. The Morgan fingerprint density at radius 1 is 1.07 bits per heavy atom. The van der Waals surface area contributed by atoms with Crippen molar-refractivity contribution in [2.24, 2.45) is 0 Å². The molecular formula is C31H30FN5O3S. The van der Waals surface area contributed by atoms with E-state index in [9.17, 15) is 14.0 Å². The second-order valence-corrected chi connectivity index (χ2v) is 10.2. The molecule has 0 saturated carbocycles. The molecule has 0 aliphatic carbocycles. The Balaban J connectivity index is 1.45. The summed E-state index contributed by atoms with van der Waals surface area (Å²) < 4.78 is 20.2. The molecule has 4 aromatic rings. The van der Waals surface area contributed by atoms with Crippen LogP contribution in [0.2, 0.25) is 0 Å². The predicted octanol–water partition coefficient (Wildman–Crippen LogP) is 5.42. The first-order chi connectivity index (χ1) is 19.8. The van der Waals surface area contributed by atoms with Gasteiger partial charge in [-0.05, 0) is 98.4 Å². The fraction of sp³-hybridized carbons (Fsp3) is 0.226. The zero-order chi connectivity index (χ0) is 29.1. The molecule has 5 rings (SSSR count). The molecule has 1 fully saturated rings. The first-order valence-electron chi connectivity index (χ1n) is 13.2. The maximum Gasteiger partial charge on any atom is 0.337 e. The quantitative estimate of drug-likeness (QED) is 0.216. The van der Waals surface area contributed by atoms with E-state index in [1.807, 2.05) is 49.1 Å². The van der Waals surface area contributed by atoms with Gasteiger partial charge in [0, 0.05) is 41.9 Å². The number of anilines is 1. The number of ether oxygens (including phenoxy) is 1. The lowest BCUT2D eigenvalue weighted by Gasteiger charge is -2.28. The van der Waals surface area contributed by atoms with Gasteiger partial charge >= 0.3 is 5.97 Å². The number of hydrogen-bond acceptors (Lipinski definition) is 5. The number of rotatable bonds is 8. The number of esters is 1. The maximum atomic E-state index is 13.3. The van der Waals surface area contributed by atoms with Gasteiger partial charge in [0.15, 0.2) is 5.11 Å². The molecule has 8 nitrogen and oxygen atoms in total. The summed E-state index contributed by atoms with van der Waals surface area (Å²) in [5.41, 5.74) is 5.81. The highest BCUT2D eigenvalue weighted by atomic mass is 32.1. The first-order valence-corrected chi connectivity index (χ1v) is 13.6. The number of benzene rings is 2. The Labute approximate surface area is 243 Å². The van der Waals surface area contributed by atoms with Crippen LogP contribution in [0.1, 0.15) is 51.5 Å². The molecule has 1 saturated heterocycles. The van der Waals surface area contributed by atoms with E-state index in [-0.39, 0.29) is 36.2 Å². The Morgan fingerprint density at radius 3 is 2.46 bits per heavy atom. The smallest absolute Gasteiger partial charge is 0.337 e. The number of carbonyl (C=O) groups excluding carboxylic acids is 2. The van der Waals surface area contributed by atoms with Crippen molar-refractivity contribution in [3.63, 3.8) is 0 Å². The number of aromatic nitrogens is 2. The Hall–Kier alpha value is -4.57. The van der Waals surface area contributed by atoms with Crippen LogP contribution in [0.15, 0.2) is 79.0 Å². The average Bonchev–Trinajstić information content (AvgIpc) is 3.47. The zero-order valence-electron chi connectivity index (χ0n) is 22.9. The normalized spacial score (nSPS) is 16.4. The highest BCUT2D eigenvalue weighted by Gasteiger charge is 2.41. The van der Waals surface area contributed by atoms with Gasteiger partial charge in [0.2, 0.25) is 5.91 Å². The zero-order valence-corrected chi connectivity index (χ0v) is 23.7. The van der Waals surface area contributed by atoms with E-state index in [2.05, 4.69) is 26.3 Å². The second kappa shape index (κ2) is 11.9. The molecular weight excluding hydrogens is 541 g/mol. The lowest BCUT2D eigenvalue weighted by atomic mass is 9.96. The van der Waals surface area contributed by atoms with Crippen molar-refractivity contribution in [1.29, 1.82) is 0 Å².